The van der Waals surface area contributed by atoms with Crippen molar-refractivity contribution in [3.05, 3.63) is 67.0 Å². The van der Waals surface area contributed by atoms with Gasteiger partial charge in [-0.3, -0.25) is 4.57 Å². The van der Waals surface area contributed by atoms with Crippen LogP contribution in [0.15, 0.2) is 67.0 Å². The molecule has 96 valence electrons. The molecule has 3 nitrogen and oxygen atoms in total. The van der Waals surface area contributed by atoms with Crippen molar-refractivity contribution in [1.29, 1.82) is 0 Å². The number of para-hydroxylation sites is 2. The van der Waals surface area contributed by atoms with E-state index in [2.05, 4.69) is 4.98 Å². The monoisotopic (exact) mass is 260 g/mol. The predicted molar refractivity (Wildman–Crippen MR) is 80.2 cm³/mol. The van der Waals surface area contributed by atoms with E-state index in [1.807, 2.05) is 59.2 Å². The highest BCUT2D eigenvalue weighted by Gasteiger charge is 2.09. The molecule has 0 unspecified atom stereocenters. The maximum atomic E-state index is 10.3. The SMILES string of the molecule is Oc1cc2ccccc2cc1-n1cnc2ccccc21. The van der Waals surface area contributed by atoms with Gasteiger partial charge in [-0.1, -0.05) is 36.4 Å². The Morgan fingerprint density at radius 1 is 0.850 bits per heavy atom. The van der Waals surface area contributed by atoms with Gasteiger partial charge in [-0.05, 0) is 35.0 Å². The summed E-state index contributed by atoms with van der Waals surface area (Å²) < 4.78 is 1.91. The molecular weight excluding hydrogens is 248 g/mol. The van der Waals surface area contributed by atoms with Crippen LogP contribution in [0.2, 0.25) is 0 Å². The molecule has 0 saturated heterocycles. The number of hydrogen-bond donors (Lipinski definition) is 1. The van der Waals surface area contributed by atoms with Gasteiger partial charge in [0, 0.05) is 0 Å². The first-order chi connectivity index (χ1) is 9.83. The van der Waals surface area contributed by atoms with Crippen LogP contribution in [-0.4, -0.2) is 14.7 Å². The maximum Gasteiger partial charge on any atom is 0.140 e. The van der Waals surface area contributed by atoms with Gasteiger partial charge in [0.1, 0.15) is 12.1 Å². The second-order valence-corrected chi connectivity index (χ2v) is 4.79. The number of fused-ring (bicyclic) bond motifs is 2. The van der Waals surface area contributed by atoms with Crippen LogP contribution < -0.4 is 0 Å². The van der Waals surface area contributed by atoms with Crippen molar-refractivity contribution in [3.8, 4) is 11.4 Å². The molecule has 4 rings (SSSR count). The summed E-state index contributed by atoms with van der Waals surface area (Å²) in [6.45, 7) is 0. The van der Waals surface area contributed by atoms with Crippen molar-refractivity contribution in [1.82, 2.24) is 9.55 Å². The largest absolute Gasteiger partial charge is 0.506 e. The Balaban J connectivity index is 2.04. The molecule has 1 aromatic heterocycles. The summed E-state index contributed by atoms with van der Waals surface area (Å²) in [5.41, 5.74) is 2.65. The molecule has 20 heavy (non-hydrogen) atoms. The number of aromatic hydroxyl groups is 1. The van der Waals surface area contributed by atoms with Crippen LogP contribution in [0.1, 0.15) is 0 Å². The molecule has 1 N–H and O–H groups in total. The number of nitrogens with zero attached hydrogens (tertiary/aromatic N) is 2. The zero-order valence-corrected chi connectivity index (χ0v) is 10.7. The first kappa shape index (κ1) is 11.1. The fraction of sp³-hybridized carbons (Fsp3) is 0. The van der Waals surface area contributed by atoms with Gasteiger partial charge in [0.05, 0.1) is 16.7 Å². The summed E-state index contributed by atoms with van der Waals surface area (Å²) in [5.74, 6) is 0.256. The van der Waals surface area contributed by atoms with Gasteiger partial charge in [-0.25, -0.2) is 4.98 Å². The van der Waals surface area contributed by atoms with Crippen molar-refractivity contribution in [3.63, 3.8) is 0 Å². The zero-order chi connectivity index (χ0) is 13.5. The molecular formula is C17H12N2O. The van der Waals surface area contributed by atoms with Crippen molar-refractivity contribution >= 4 is 21.8 Å². The van der Waals surface area contributed by atoms with Gasteiger partial charge in [-0.2, -0.15) is 0 Å². The Morgan fingerprint density at radius 2 is 1.55 bits per heavy atom. The van der Waals surface area contributed by atoms with E-state index in [4.69, 9.17) is 0 Å². The topological polar surface area (TPSA) is 38.0 Å². The van der Waals surface area contributed by atoms with Gasteiger partial charge >= 0.3 is 0 Å². The van der Waals surface area contributed by atoms with Gasteiger partial charge in [0.25, 0.3) is 0 Å². The lowest BCUT2D eigenvalue weighted by atomic mass is 10.1. The molecule has 0 spiro atoms. The van der Waals surface area contributed by atoms with E-state index in [9.17, 15) is 5.11 Å². The van der Waals surface area contributed by atoms with Crippen LogP contribution in [0.4, 0.5) is 0 Å². The van der Waals surface area contributed by atoms with E-state index < -0.39 is 0 Å². The lowest BCUT2D eigenvalue weighted by Gasteiger charge is -2.09. The highest BCUT2D eigenvalue weighted by atomic mass is 16.3. The van der Waals surface area contributed by atoms with E-state index in [0.29, 0.717) is 0 Å². The Bertz CT molecular complexity index is 924. The van der Waals surface area contributed by atoms with E-state index in [1.165, 1.54) is 0 Å². The molecule has 0 saturated carbocycles. The molecule has 3 heteroatoms. The van der Waals surface area contributed by atoms with Crippen molar-refractivity contribution in [2.75, 3.05) is 0 Å². The molecule has 0 atom stereocenters. The Labute approximate surface area is 115 Å². The van der Waals surface area contributed by atoms with Crippen molar-refractivity contribution in [2.45, 2.75) is 0 Å². The Morgan fingerprint density at radius 3 is 2.40 bits per heavy atom. The molecule has 0 amide bonds. The summed E-state index contributed by atoms with van der Waals surface area (Å²) in [6.07, 6.45) is 1.74. The molecule has 0 aliphatic carbocycles. The van der Waals surface area contributed by atoms with Gasteiger partial charge in [-0.15, -0.1) is 0 Å². The summed E-state index contributed by atoms with van der Waals surface area (Å²) in [4.78, 5) is 4.37. The lowest BCUT2D eigenvalue weighted by molar-refractivity contribution is 0.473. The molecule has 4 aromatic rings. The predicted octanol–water partition coefficient (Wildman–Crippen LogP) is 3.88. The number of rotatable bonds is 1. The molecule has 1 heterocycles. The van der Waals surface area contributed by atoms with E-state index >= 15 is 0 Å². The van der Waals surface area contributed by atoms with Crippen LogP contribution in [0.3, 0.4) is 0 Å². The molecule has 0 aliphatic heterocycles. The van der Waals surface area contributed by atoms with Gasteiger partial charge in [0.2, 0.25) is 0 Å². The van der Waals surface area contributed by atoms with E-state index in [0.717, 1.165) is 27.5 Å². The number of hydrogen-bond acceptors (Lipinski definition) is 2. The van der Waals surface area contributed by atoms with Crippen LogP contribution in [0.5, 0.6) is 5.75 Å². The first-order valence-corrected chi connectivity index (χ1v) is 6.47. The third kappa shape index (κ3) is 1.57. The van der Waals surface area contributed by atoms with Crippen LogP contribution in [0, 0.1) is 0 Å². The van der Waals surface area contributed by atoms with E-state index in [1.54, 1.807) is 12.4 Å². The number of phenols is 1. The first-order valence-electron chi connectivity index (χ1n) is 6.47. The second kappa shape index (κ2) is 4.10. The quantitative estimate of drug-likeness (QED) is 0.564. The highest BCUT2D eigenvalue weighted by Crippen LogP contribution is 2.30. The fourth-order valence-corrected chi connectivity index (χ4v) is 2.56. The average Bonchev–Trinajstić information content (AvgIpc) is 2.90. The number of benzene rings is 3. The second-order valence-electron chi connectivity index (χ2n) is 4.79. The van der Waals surface area contributed by atoms with Crippen LogP contribution in [0.25, 0.3) is 27.5 Å². The van der Waals surface area contributed by atoms with Crippen molar-refractivity contribution in [2.24, 2.45) is 0 Å². The molecule has 0 radical (unpaired) electrons. The third-order valence-corrected chi connectivity index (χ3v) is 3.56. The summed E-state index contributed by atoms with van der Waals surface area (Å²) in [7, 11) is 0. The van der Waals surface area contributed by atoms with E-state index in [-0.39, 0.29) is 5.75 Å². The minimum atomic E-state index is 0.256. The molecule has 0 aliphatic rings. The smallest absolute Gasteiger partial charge is 0.140 e. The number of phenolic OH excluding ortho intramolecular Hbond substituents is 1. The highest BCUT2D eigenvalue weighted by molar-refractivity contribution is 5.88. The average molecular weight is 260 g/mol. The summed E-state index contributed by atoms with van der Waals surface area (Å²) >= 11 is 0. The third-order valence-electron chi connectivity index (χ3n) is 3.56. The molecule has 0 fully saturated rings. The Hall–Kier alpha value is -2.81. The van der Waals surface area contributed by atoms with Crippen molar-refractivity contribution < 1.29 is 5.11 Å². The normalized spacial score (nSPS) is 11.2. The Kier molecular flexibility index (Phi) is 2.27. The van der Waals surface area contributed by atoms with Crippen LogP contribution in [-0.2, 0) is 0 Å². The molecule has 3 aromatic carbocycles. The van der Waals surface area contributed by atoms with Gasteiger partial charge in [0.15, 0.2) is 0 Å². The zero-order valence-electron chi connectivity index (χ0n) is 10.7. The number of imidazole rings is 1. The molecule has 0 bridgehead atoms. The van der Waals surface area contributed by atoms with Gasteiger partial charge < -0.3 is 5.11 Å². The number of aromatic nitrogens is 2. The fourth-order valence-electron chi connectivity index (χ4n) is 2.56. The summed E-state index contributed by atoms with van der Waals surface area (Å²) in [6, 6.07) is 19.7. The lowest BCUT2D eigenvalue weighted by Crippen LogP contribution is -1.92. The maximum absolute atomic E-state index is 10.3. The standard InChI is InChI=1S/C17H12N2O/c20-17-10-13-6-2-1-5-12(13)9-16(17)19-11-18-14-7-3-4-8-15(14)19/h1-11,20H. The summed E-state index contributed by atoms with van der Waals surface area (Å²) in [5, 5.41) is 12.4. The minimum absolute atomic E-state index is 0.256. The van der Waals surface area contributed by atoms with Crippen LogP contribution >= 0.6 is 0 Å². The minimum Gasteiger partial charge on any atom is -0.506 e.